The number of benzene rings is 2. The molecule has 0 saturated carbocycles. The molecule has 0 amide bonds. The van der Waals surface area contributed by atoms with Gasteiger partial charge in [-0.25, -0.2) is 0 Å². The summed E-state index contributed by atoms with van der Waals surface area (Å²) >= 11 is 0. The summed E-state index contributed by atoms with van der Waals surface area (Å²) in [6.45, 7) is 2.12. The molecule has 180 valence electrons. The Morgan fingerprint density at radius 1 is 0.971 bits per heavy atom. The number of phenolic OH excluding ortho intramolecular Hbond substituents is 2. The van der Waals surface area contributed by atoms with Gasteiger partial charge in [0.15, 0.2) is 11.6 Å². The van der Waals surface area contributed by atoms with E-state index in [1.807, 2.05) is 0 Å². The van der Waals surface area contributed by atoms with E-state index in [4.69, 9.17) is 14.2 Å². The van der Waals surface area contributed by atoms with E-state index in [1.165, 1.54) is 25.1 Å². The zero-order valence-electron chi connectivity index (χ0n) is 18.1. The second kappa shape index (κ2) is 8.69. The fraction of sp³-hybridized carbons (Fsp3) is 0.348. The molecule has 0 unspecified atom stereocenters. The van der Waals surface area contributed by atoms with Gasteiger partial charge < -0.3 is 39.7 Å². The molecule has 34 heavy (non-hydrogen) atoms. The van der Waals surface area contributed by atoms with E-state index >= 15 is 0 Å². The van der Waals surface area contributed by atoms with Crippen LogP contribution < -0.4 is 4.74 Å². The zero-order chi connectivity index (χ0) is 24.9. The van der Waals surface area contributed by atoms with Crippen molar-refractivity contribution in [2.24, 2.45) is 0 Å². The highest BCUT2D eigenvalue weighted by atomic mass is 16.7. The van der Waals surface area contributed by atoms with Crippen LogP contribution in [0.5, 0.6) is 17.2 Å². The van der Waals surface area contributed by atoms with Crippen molar-refractivity contribution in [3.8, 4) is 17.2 Å². The minimum absolute atomic E-state index is 0.0233. The molecule has 1 saturated heterocycles. The summed E-state index contributed by atoms with van der Waals surface area (Å²) in [6, 6.07) is 4.87. The highest BCUT2D eigenvalue weighted by molar-refractivity contribution is 6.29. The van der Waals surface area contributed by atoms with Gasteiger partial charge in [-0.1, -0.05) is 0 Å². The number of aliphatic hydroxyl groups excluding tert-OH is 3. The van der Waals surface area contributed by atoms with Gasteiger partial charge in [0.1, 0.15) is 48.3 Å². The van der Waals surface area contributed by atoms with Gasteiger partial charge in [0, 0.05) is 29.2 Å². The van der Waals surface area contributed by atoms with Crippen molar-refractivity contribution in [3.63, 3.8) is 0 Å². The number of aromatic hydroxyl groups is 2. The highest BCUT2D eigenvalue weighted by Gasteiger charge is 2.46. The van der Waals surface area contributed by atoms with Gasteiger partial charge in [0.05, 0.1) is 5.56 Å². The van der Waals surface area contributed by atoms with E-state index in [1.54, 1.807) is 0 Å². The second-order valence-electron chi connectivity index (χ2n) is 8.09. The molecule has 1 aliphatic heterocycles. The molecule has 2 aliphatic rings. The molecule has 11 nitrogen and oxygen atoms in total. The maximum Gasteiger partial charge on any atom is 0.302 e. The quantitative estimate of drug-likeness (QED) is 0.319. The lowest BCUT2D eigenvalue weighted by Crippen LogP contribution is -2.60. The first-order chi connectivity index (χ1) is 16.0. The Bertz CT molecular complexity index is 1190. The van der Waals surface area contributed by atoms with E-state index < -0.39 is 60.6 Å². The van der Waals surface area contributed by atoms with Crippen LogP contribution in [0, 0.1) is 6.92 Å². The molecule has 2 aromatic rings. The summed E-state index contributed by atoms with van der Waals surface area (Å²) in [5.41, 5.74) is -0.407. The monoisotopic (exact) mass is 474 g/mol. The Labute approximate surface area is 192 Å². The average molecular weight is 474 g/mol. The van der Waals surface area contributed by atoms with Crippen LogP contribution in [0.15, 0.2) is 24.3 Å². The number of carbonyl (C=O) groups is 3. The van der Waals surface area contributed by atoms with Crippen molar-refractivity contribution in [3.05, 3.63) is 52.1 Å². The summed E-state index contributed by atoms with van der Waals surface area (Å²) in [5.74, 6) is -2.80. The Balaban J connectivity index is 1.69. The number of esters is 1. The van der Waals surface area contributed by atoms with Crippen LogP contribution >= 0.6 is 0 Å². The summed E-state index contributed by atoms with van der Waals surface area (Å²) in [7, 11) is 0. The summed E-state index contributed by atoms with van der Waals surface area (Å²) in [4.78, 5) is 37.1. The van der Waals surface area contributed by atoms with Crippen LogP contribution in [-0.2, 0) is 14.3 Å². The number of carbonyl (C=O) groups excluding carboxylic acids is 3. The van der Waals surface area contributed by atoms with Crippen LogP contribution in [0.2, 0.25) is 0 Å². The number of hydrogen-bond acceptors (Lipinski definition) is 11. The molecule has 5 atom stereocenters. The summed E-state index contributed by atoms with van der Waals surface area (Å²) in [5, 5.41) is 51.1. The fourth-order valence-corrected chi connectivity index (χ4v) is 3.95. The van der Waals surface area contributed by atoms with Crippen molar-refractivity contribution in [1.29, 1.82) is 0 Å². The molecule has 5 N–H and O–H groups in total. The van der Waals surface area contributed by atoms with Gasteiger partial charge in [-0.3, -0.25) is 14.4 Å². The predicted molar refractivity (Wildman–Crippen MR) is 112 cm³/mol. The van der Waals surface area contributed by atoms with E-state index in [-0.39, 0.29) is 39.3 Å². The molecule has 1 fully saturated rings. The molecule has 0 bridgehead atoms. The topological polar surface area (TPSA) is 180 Å². The van der Waals surface area contributed by atoms with Crippen molar-refractivity contribution < 1.29 is 54.1 Å². The van der Waals surface area contributed by atoms with Crippen LogP contribution in [-0.4, -0.2) is 80.4 Å². The minimum atomic E-state index is -1.74. The number of ether oxygens (including phenoxy) is 3. The zero-order valence-corrected chi connectivity index (χ0v) is 18.1. The van der Waals surface area contributed by atoms with Crippen LogP contribution in [0.1, 0.15) is 44.3 Å². The van der Waals surface area contributed by atoms with Crippen LogP contribution in [0.4, 0.5) is 0 Å². The molecular formula is C23H22O11. The van der Waals surface area contributed by atoms with E-state index in [2.05, 4.69) is 0 Å². The number of fused-ring (bicyclic) bond motifs is 2. The first-order valence-electron chi connectivity index (χ1n) is 10.3. The van der Waals surface area contributed by atoms with E-state index in [0.29, 0.717) is 0 Å². The van der Waals surface area contributed by atoms with Gasteiger partial charge in [0.2, 0.25) is 6.29 Å². The van der Waals surface area contributed by atoms with Gasteiger partial charge in [-0.2, -0.15) is 0 Å². The first kappa shape index (κ1) is 23.6. The van der Waals surface area contributed by atoms with Crippen molar-refractivity contribution in [2.75, 3.05) is 6.61 Å². The fourth-order valence-electron chi connectivity index (χ4n) is 3.95. The standard InChI is InChI=1S/C23H22O11/c1-8-14(33-23-22(31)21(30)20(29)15(34-23)7-32-9(2)24)6-13-16(17(8)26)19(28)11-4-3-10(25)5-12(11)18(13)27/h3-6,15,20-23,25-26,29-31H,7H2,1-2H3/t15-,20-,21+,22-,23+/m1/s1. The SMILES string of the molecule is CC(=O)OC[C@H]1O[C@H](Oc2cc3c(c(O)c2C)C(=O)c2ccc(O)cc2C3=O)[C@H](O)[C@@H](O)[C@@H]1O. The van der Waals surface area contributed by atoms with E-state index in [0.717, 1.165) is 13.0 Å². The minimum Gasteiger partial charge on any atom is -0.508 e. The third-order valence-corrected chi connectivity index (χ3v) is 5.83. The number of aliphatic hydroxyl groups is 3. The highest BCUT2D eigenvalue weighted by Crippen LogP contribution is 2.41. The number of ketones is 2. The lowest BCUT2D eigenvalue weighted by atomic mass is 9.82. The molecular weight excluding hydrogens is 452 g/mol. The van der Waals surface area contributed by atoms with Crippen molar-refractivity contribution >= 4 is 17.5 Å². The third kappa shape index (κ3) is 3.88. The van der Waals surface area contributed by atoms with Crippen molar-refractivity contribution in [1.82, 2.24) is 0 Å². The largest absolute Gasteiger partial charge is 0.508 e. The molecule has 1 heterocycles. The Morgan fingerprint density at radius 2 is 1.68 bits per heavy atom. The lowest BCUT2D eigenvalue weighted by molar-refractivity contribution is -0.278. The molecule has 4 rings (SSSR count). The number of rotatable bonds is 4. The number of hydrogen-bond donors (Lipinski definition) is 5. The van der Waals surface area contributed by atoms with Crippen LogP contribution in [0.3, 0.4) is 0 Å². The molecule has 11 heteroatoms. The predicted octanol–water partition coefficient (Wildman–Crippen LogP) is -0.0689. The average Bonchev–Trinajstić information content (AvgIpc) is 2.79. The lowest BCUT2D eigenvalue weighted by Gasteiger charge is -2.40. The Morgan fingerprint density at radius 3 is 2.35 bits per heavy atom. The summed E-state index contributed by atoms with van der Waals surface area (Å²) < 4.78 is 15.9. The maximum absolute atomic E-state index is 13.0. The summed E-state index contributed by atoms with van der Waals surface area (Å²) in [6.07, 6.45) is -7.87. The Hall–Kier alpha value is -3.51. The van der Waals surface area contributed by atoms with Crippen molar-refractivity contribution in [2.45, 2.75) is 44.6 Å². The van der Waals surface area contributed by atoms with Gasteiger partial charge in [0.25, 0.3) is 0 Å². The van der Waals surface area contributed by atoms with Gasteiger partial charge in [-0.15, -0.1) is 0 Å². The molecule has 0 spiro atoms. The van der Waals surface area contributed by atoms with Gasteiger partial charge in [-0.05, 0) is 31.2 Å². The molecule has 0 aromatic heterocycles. The van der Waals surface area contributed by atoms with E-state index in [9.17, 15) is 39.9 Å². The smallest absolute Gasteiger partial charge is 0.302 e. The first-order valence-corrected chi connectivity index (χ1v) is 10.3. The molecule has 2 aromatic carbocycles. The maximum atomic E-state index is 13.0. The molecule has 0 radical (unpaired) electrons. The van der Waals surface area contributed by atoms with Crippen LogP contribution in [0.25, 0.3) is 0 Å². The number of phenols is 2. The Kier molecular flexibility index (Phi) is 6.04. The third-order valence-electron chi connectivity index (χ3n) is 5.83. The second-order valence-corrected chi connectivity index (χ2v) is 8.09. The molecule has 1 aliphatic carbocycles. The normalized spacial score (nSPS) is 26.0. The van der Waals surface area contributed by atoms with Gasteiger partial charge >= 0.3 is 5.97 Å².